The van der Waals surface area contributed by atoms with Crippen molar-refractivity contribution in [3.8, 4) is 11.4 Å². The molecule has 0 atom stereocenters. The number of aryl methyl sites for hydroxylation is 3. The Bertz CT molecular complexity index is 1350. The summed E-state index contributed by atoms with van der Waals surface area (Å²) < 4.78 is 6.90. The number of carbonyl (C=O) groups is 1. The third-order valence-electron chi connectivity index (χ3n) is 5.27. The molecule has 0 aliphatic heterocycles. The molecule has 0 saturated heterocycles. The van der Waals surface area contributed by atoms with Gasteiger partial charge in [-0.3, -0.25) is 4.79 Å². The van der Waals surface area contributed by atoms with E-state index in [1.165, 1.54) is 11.8 Å². The maximum absolute atomic E-state index is 13.2. The average Bonchev–Trinajstić information content (AvgIpc) is 3.26. The summed E-state index contributed by atoms with van der Waals surface area (Å²) >= 11 is 7.78. The van der Waals surface area contributed by atoms with Crippen LogP contribution in [0.5, 0.6) is 5.75 Å². The Morgan fingerprint density at radius 1 is 1.09 bits per heavy atom. The van der Waals surface area contributed by atoms with Gasteiger partial charge < -0.3 is 10.1 Å². The lowest BCUT2D eigenvalue weighted by Gasteiger charge is -2.10. The van der Waals surface area contributed by atoms with Crippen LogP contribution in [0.25, 0.3) is 5.69 Å². The lowest BCUT2D eigenvalue weighted by Crippen LogP contribution is -2.24. The summed E-state index contributed by atoms with van der Waals surface area (Å²) in [4.78, 5) is 22.1. The van der Waals surface area contributed by atoms with Crippen LogP contribution in [0.4, 0.5) is 0 Å². The van der Waals surface area contributed by atoms with Crippen LogP contribution < -0.4 is 10.1 Å². The molecule has 0 fully saturated rings. The molecule has 4 aromatic rings. The highest BCUT2D eigenvalue weighted by Gasteiger charge is 2.22. The molecule has 0 aliphatic carbocycles. The molecule has 0 radical (unpaired) electrons. The molecule has 10 heteroatoms. The Balaban J connectivity index is 1.62. The highest BCUT2D eigenvalue weighted by atomic mass is 35.5. The molecule has 2 heterocycles. The first kappa shape index (κ1) is 24.7. The molecule has 8 nitrogen and oxygen atoms in total. The van der Waals surface area contributed by atoms with Crippen molar-refractivity contribution >= 4 is 29.3 Å². The molecule has 180 valence electrons. The van der Waals surface area contributed by atoms with Gasteiger partial charge in [0.05, 0.1) is 18.5 Å². The van der Waals surface area contributed by atoms with Crippen LogP contribution in [0.2, 0.25) is 5.02 Å². The van der Waals surface area contributed by atoms with E-state index in [2.05, 4.69) is 25.6 Å². The van der Waals surface area contributed by atoms with Crippen molar-refractivity contribution in [1.29, 1.82) is 0 Å². The first-order valence-electron chi connectivity index (χ1n) is 10.9. The summed E-state index contributed by atoms with van der Waals surface area (Å²) in [5.74, 6) is 0.794. The van der Waals surface area contributed by atoms with E-state index in [9.17, 15) is 4.79 Å². The molecule has 4 rings (SSSR count). The number of amides is 1. The van der Waals surface area contributed by atoms with E-state index < -0.39 is 0 Å². The molecule has 0 aliphatic rings. The molecule has 1 N–H and O–H groups in total. The van der Waals surface area contributed by atoms with Gasteiger partial charge in [0, 0.05) is 28.7 Å². The van der Waals surface area contributed by atoms with Gasteiger partial charge in [0.25, 0.3) is 5.91 Å². The Labute approximate surface area is 213 Å². The SMILES string of the molecule is COc1cccc(CNC(=O)c2nnn(-c3ccc(C)c(Cl)c3)c2CSc2nc(C)cc(C)n2)c1. The van der Waals surface area contributed by atoms with Crippen LogP contribution >= 0.6 is 23.4 Å². The number of aromatic nitrogens is 5. The smallest absolute Gasteiger partial charge is 0.274 e. The third-order valence-corrected chi connectivity index (χ3v) is 6.53. The minimum atomic E-state index is -0.325. The van der Waals surface area contributed by atoms with Crippen LogP contribution in [-0.4, -0.2) is 38.0 Å². The number of hydrogen-bond acceptors (Lipinski definition) is 7. The number of ether oxygens (including phenoxy) is 1. The van der Waals surface area contributed by atoms with Gasteiger partial charge in [0.1, 0.15) is 5.75 Å². The minimum absolute atomic E-state index is 0.237. The van der Waals surface area contributed by atoms with Gasteiger partial charge in [-0.1, -0.05) is 46.8 Å². The molecule has 2 aromatic heterocycles. The minimum Gasteiger partial charge on any atom is -0.497 e. The number of carbonyl (C=O) groups excluding carboxylic acids is 1. The third kappa shape index (κ3) is 5.98. The lowest BCUT2D eigenvalue weighted by molar-refractivity contribution is 0.0945. The first-order chi connectivity index (χ1) is 16.8. The van der Waals surface area contributed by atoms with E-state index in [4.69, 9.17) is 16.3 Å². The van der Waals surface area contributed by atoms with Gasteiger partial charge in [0.2, 0.25) is 0 Å². The zero-order valence-electron chi connectivity index (χ0n) is 19.9. The standard InChI is InChI=1S/C25H25ClN6O2S/c1-15-8-9-19(12-21(15)26)32-22(14-35-25-28-16(2)10-17(3)29-25)23(30-31-32)24(33)27-13-18-6-5-7-20(11-18)34-4/h5-12H,13-14H2,1-4H3,(H,27,33). The first-order valence-corrected chi connectivity index (χ1v) is 12.3. The van der Waals surface area contributed by atoms with E-state index in [1.807, 2.05) is 69.3 Å². The van der Waals surface area contributed by atoms with Gasteiger partial charge in [-0.2, -0.15) is 0 Å². The summed E-state index contributed by atoms with van der Waals surface area (Å²) in [6.07, 6.45) is 0. The Morgan fingerprint density at radius 2 is 1.86 bits per heavy atom. The number of nitrogens with one attached hydrogen (secondary N) is 1. The van der Waals surface area contributed by atoms with E-state index in [1.54, 1.807) is 11.8 Å². The number of benzene rings is 2. The number of hydrogen-bond donors (Lipinski definition) is 1. The zero-order valence-corrected chi connectivity index (χ0v) is 21.4. The number of halogens is 1. The van der Waals surface area contributed by atoms with Crippen molar-refractivity contribution < 1.29 is 9.53 Å². The van der Waals surface area contributed by atoms with Gasteiger partial charge in [-0.05, 0) is 62.2 Å². The second-order valence-corrected chi connectivity index (χ2v) is 9.34. The summed E-state index contributed by atoms with van der Waals surface area (Å²) in [5, 5.41) is 12.7. The van der Waals surface area contributed by atoms with E-state index in [0.29, 0.717) is 28.2 Å². The summed E-state index contributed by atoms with van der Waals surface area (Å²) in [6, 6.07) is 15.1. The summed E-state index contributed by atoms with van der Waals surface area (Å²) in [7, 11) is 1.61. The molecule has 0 spiro atoms. The van der Waals surface area contributed by atoms with Crippen molar-refractivity contribution in [2.75, 3.05) is 7.11 Å². The van der Waals surface area contributed by atoms with Crippen LogP contribution in [0.15, 0.2) is 53.7 Å². The van der Waals surface area contributed by atoms with Crippen LogP contribution in [0.1, 0.15) is 38.7 Å². The molecule has 0 unspecified atom stereocenters. The number of thioether (sulfide) groups is 1. The molecule has 0 saturated carbocycles. The second kappa shape index (κ2) is 10.9. The lowest BCUT2D eigenvalue weighted by atomic mass is 10.2. The van der Waals surface area contributed by atoms with Gasteiger partial charge in [0.15, 0.2) is 10.9 Å². The fraction of sp³-hybridized carbons (Fsp3) is 0.240. The largest absolute Gasteiger partial charge is 0.497 e. The highest BCUT2D eigenvalue weighted by molar-refractivity contribution is 7.98. The molecular formula is C25H25ClN6O2S. The quantitative estimate of drug-likeness (QED) is 0.268. The zero-order chi connectivity index (χ0) is 24.9. The molecule has 2 aromatic carbocycles. The Kier molecular flexibility index (Phi) is 7.67. The maximum atomic E-state index is 13.2. The summed E-state index contributed by atoms with van der Waals surface area (Å²) in [6.45, 7) is 6.11. The number of rotatable bonds is 8. The Morgan fingerprint density at radius 3 is 2.57 bits per heavy atom. The highest BCUT2D eigenvalue weighted by Crippen LogP contribution is 2.26. The average molecular weight is 509 g/mol. The predicted molar refractivity (Wildman–Crippen MR) is 136 cm³/mol. The van der Waals surface area contributed by atoms with E-state index in [-0.39, 0.29) is 11.6 Å². The topological polar surface area (TPSA) is 94.8 Å². The molecule has 0 bridgehead atoms. The van der Waals surface area contributed by atoms with Crippen molar-refractivity contribution in [3.63, 3.8) is 0 Å². The Hall–Kier alpha value is -3.43. The van der Waals surface area contributed by atoms with Crippen molar-refractivity contribution in [3.05, 3.63) is 87.5 Å². The van der Waals surface area contributed by atoms with Gasteiger partial charge >= 0.3 is 0 Å². The van der Waals surface area contributed by atoms with E-state index >= 15 is 0 Å². The van der Waals surface area contributed by atoms with Gasteiger partial charge in [-0.25, -0.2) is 14.6 Å². The van der Waals surface area contributed by atoms with Gasteiger partial charge in [-0.15, -0.1) is 5.10 Å². The van der Waals surface area contributed by atoms with Crippen molar-refractivity contribution in [2.45, 2.75) is 38.2 Å². The maximum Gasteiger partial charge on any atom is 0.274 e. The van der Waals surface area contributed by atoms with Crippen molar-refractivity contribution in [1.82, 2.24) is 30.3 Å². The fourth-order valence-corrected chi connectivity index (χ4v) is 4.58. The molecular weight excluding hydrogens is 484 g/mol. The predicted octanol–water partition coefficient (Wildman–Crippen LogP) is 4.87. The van der Waals surface area contributed by atoms with Crippen LogP contribution in [-0.2, 0) is 12.3 Å². The fourth-order valence-electron chi connectivity index (χ4n) is 3.47. The number of methoxy groups -OCH3 is 1. The molecule has 1 amide bonds. The van der Waals surface area contributed by atoms with Crippen LogP contribution in [0, 0.1) is 20.8 Å². The van der Waals surface area contributed by atoms with Crippen molar-refractivity contribution in [2.24, 2.45) is 0 Å². The van der Waals surface area contributed by atoms with E-state index in [0.717, 1.165) is 34.0 Å². The molecule has 35 heavy (non-hydrogen) atoms. The number of nitrogens with zero attached hydrogens (tertiary/aromatic N) is 5. The van der Waals surface area contributed by atoms with Crippen LogP contribution in [0.3, 0.4) is 0 Å². The second-order valence-electron chi connectivity index (χ2n) is 7.99. The monoisotopic (exact) mass is 508 g/mol. The summed E-state index contributed by atoms with van der Waals surface area (Å²) in [5.41, 5.74) is 5.21. The normalized spacial score (nSPS) is 10.9.